The van der Waals surface area contributed by atoms with Gasteiger partial charge in [-0.2, -0.15) is 0 Å². The average molecular weight is 332 g/mol. The van der Waals surface area contributed by atoms with Crippen LogP contribution in [0.25, 0.3) is 0 Å². The van der Waals surface area contributed by atoms with Gasteiger partial charge in [0, 0.05) is 17.8 Å². The number of furan rings is 1. The van der Waals surface area contributed by atoms with Crippen molar-refractivity contribution in [2.75, 3.05) is 7.11 Å². The summed E-state index contributed by atoms with van der Waals surface area (Å²) in [6, 6.07) is 1.91. The van der Waals surface area contributed by atoms with Gasteiger partial charge in [0.1, 0.15) is 17.2 Å². The van der Waals surface area contributed by atoms with Gasteiger partial charge in [0.15, 0.2) is 0 Å². The zero-order chi connectivity index (χ0) is 17.9. The molecule has 24 heavy (non-hydrogen) atoms. The van der Waals surface area contributed by atoms with Crippen molar-refractivity contribution in [3.05, 3.63) is 45.7 Å². The maximum atomic E-state index is 12.6. The summed E-state index contributed by atoms with van der Waals surface area (Å²) in [4.78, 5) is 27.6. The van der Waals surface area contributed by atoms with E-state index < -0.39 is 5.97 Å². The third-order valence-corrected chi connectivity index (χ3v) is 3.99. The number of aryl methyl sites for hydroxylation is 3. The van der Waals surface area contributed by atoms with Crippen LogP contribution >= 0.6 is 0 Å². The molecule has 0 radical (unpaired) electrons. The van der Waals surface area contributed by atoms with Crippen molar-refractivity contribution in [1.29, 1.82) is 0 Å². The smallest absolute Gasteiger partial charge is 0.339 e. The number of carbonyl (C=O) groups excluding carboxylic acids is 2. The average Bonchev–Trinajstić information content (AvgIpc) is 3.03. The van der Waals surface area contributed by atoms with Crippen molar-refractivity contribution in [3.63, 3.8) is 0 Å². The van der Waals surface area contributed by atoms with E-state index in [1.807, 2.05) is 26.8 Å². The van der Waals surface area contributed by atoms with Crippen LogP contribution in [0.3, 0.4) is 0 Å². The maximum absolute atomic E-state index is 12.6. The Morgan fingerprint density at radius 3 is 2.54 bits per heavy atom. The van der Waals surface area contributed by atoms with Crippen molar-refractivity contribution in [1.82, 2.24) is 10.3 Å². The molecule has 0 aliphatic rings. The van der Waals surface area contributed by atoms with Crippen molar-refractivity contribution < 1.29 is 18.7 Å². The van der Waals surface area contributed by atoms with E-state index in [1.165, 1.54) is 7.11 Å². The van der Waals surface area contributed by atoms with Gasteiger partial charge in [-0.25, -0.2) is 4.79 Å². The number of nitrogens with one attached hydrogen (secondary N) is 2. The van der Waals surface area contributed by atoms with E-state index >= 15 is 0 Å². The lowest BCUT2D eigenvalue weighted by Crippen LogP contribution is -2.24. The van der Waals surface area contributed by atoms with E-state index in [-0.39, 0.29) is 5.91 Å². The molecule has 0 unspecified atom stereocenters. The monoisotopic (exact) mass is 332 g/mol. The molecule has 2 aromatic rings. The number of carbonyl (C=O) groups is 2. The van der Waals surface area contributed by atoms with E-state index in [4.69, 9.17) is 9.15 Å². The molecule has 2 N–H and O–H groups in total. The first-order valence-electron chi connectivity index (χ1n) is 8.02. The van der Waals surface area contributed by atoms with Gasteiger partial charge in [-0.05, 0) is 38.8 Å². The van der Waals surface area contributed by atoms with Crippen LogP contribution in [0.1, 0.15) is 62.5 Å². The highest BCUT2D eigenvalue weighted by atomic mass is 16.5. The summed E-state index contributed by atoms with van der Waals surface area (Å²) in [5.74, 6) is 0.939. The fraction of sp³-hybridized carbons (Fsp3) is 0.444. The molecule has 0 saturated heterocycles. The molecule has 0 fully saturated rings. The number of methoxy groups -OCH3 is 1. The van der Waals surface area contributed by atoms with Gasteiger partial charge in [0.2, 0.25) is 0 Å². The van der Waals surface area contributed by atoms with Crippen LogP contribution < -0.4 is 5.32 Å². The summed E-state index contributed by atoms with van der Waals surface area (Å²) in [6.07, 6.45) is 1.45. The highest BCUT2D eigenvalue weighted by Crippen LogP contribution is 2.22. The van der Waals surface area contributed by atoms with Crippen molar-refractivity contribution in [2.24, 2.45) is 0 Å². The third kappa shape index (κ3) is 3.53. The van der Waals surface area contributed by atoms with Crippen molar-refractivity contribution >= 4 is 11.9 Å². The molecule has 130 valence electrons. The molecule has 0 spiro atoms. The first-order valence-corrected chi connectivity index (χ1v) is 8.02. The van der Waals surface area contributed by atoms with Gasteiger partial charge in [-0.15, -0.1) is 0 Å². The molecule has 0 aliphatic heterocycles. The minimum Gasteiger partial charge on any atom is -0.466 e. The number of amides is 1. The fourth-order valence-electron chi connectivity index (χ4n) is 2.87. The molecule has 6 heteroatoms. The summed E-state index contributed by atoms with van der Waals surface area (Å²) >= 11 is 0. The maximum Gasteiger partial charge on any atom is 0.339 e. The van der Waals surface area contributed by atoms with Gasteiger partial charge in [-0.3, -0.25) is 4.79 Å². The summed E-state index contributed by atoms with van der Waals surface area (Å²) in [5, 5.41) is 2.88. The predicted molar refractivity (Wildman–Crippen MR) is 90.2 cm³/mol. The molecule has 0 saturated carbocycles. The summed E-state index contributed by atoms with van der Waals surface area (Å²) < 4.78 is 10.3. The third-order valence-electron chi connectivity index (χ3n) is 3.99. The number of rotatable bonds is 6. The lowest BCUT2D eigenvalue weighted by molar-refractivity contribution is 0.0599. The van der Waals surface area contributed by atoms with E-state index in [2.05, 4.69) is 10.3 Å². The number of aromatic amines is 1. The van der Waals surface area contributed by atoms with Crippen LogP contribution in [-0.2, 0) is 17.7 Å². The Bertz CT molecular complexity index is 755. The summed E-state index contributed by atoms with van der Waals surface area (Å²) in [5.41, 5.74) is 3.17. The minimum atomic E-state index is -0.424. The molecule has 2 rings (SSSR count). The quantitative estimate of drug-likeness (QED) is 0.796. The van der Waals surface area contributed by atoms with Gasteiger partial charge in [-0.1, -0.05) is 13.3 Å². The number of esters is 1. The van der Waals surface area contributed by atoms with Gasteiger partial charge < -0.3 is 19.5 Å². The zero-order valence-corrected chi connectivity index (χ0v) is 14.8. The molecule has 0 aromatic carbocycles. The molecule has 0 aliphatic carbocycles. The van der Waals surface area contributed by atoms with Crippen LogP contribution in [0.4, 0.5) is 0 Å². The van der Waals surface area contributed by atoms with Gasteiger partial charge >= 0.3 is 5.97 Å². The number of aromatic nitrogens is 1. The molecular weight excluding hydrogens is 308 g/mol. The Morgan fingerprint density at radius 2 is 2.00 bits per heavy atom. The van der Waals surface area contributed by atoms with E-state index in [1.54, 1.807) is 6.92 Å². The summed E-state index contributed by atoms with van der Waals surface area (Å²) in [6.45, 7) is 7.88. The van der Waals surface area contributed by atoms with Crippen molar-refractivity contribution in [2.45, 2.75) is 47.1 Å². The van der Waals surface area contributed by atoms with E-state index in [0.29, 0.717) is 35.5 Å². The Labute approximate surface area is 141 Å². The number of hydrogen-bond acceptors (Lipinski definition) is 4. The molecule has 1 amide bonds. The topological polar surface area (TPSA) is 84.3 Å². The van der Waals surface area contributed by atoms with Crippen LogP contribution in [0.5, 0.6) is 0 Å². The zero-order valence-electron chi connectivity index (χ0n) is 14.8. The SMILES string of the molecule is CCCc1c(C(=O)NCc2cc(C)oc2C)[nH]c(C)c1C(=O)OC. The van der Waals surface area contributed by atoms with Crippen LogP contribution in [0.15, 0.2) is 10.5 Å². The first kappa shape index (κ1) is 17.8. The number of hydrogen-bond donors (Lipinski definition) is 2. The molecule has 6 nitrogen and oxygen atoms in total. The lowest BCUT2D eigenvalue weighted by Gasteiger charge is -2.07. The molecular formula is C18H24N2O4. The lowest BCUT2D eigenvalue weighted by atomic mass is 10.0. The second-order valence-corrected chi connectivity index (χ2v) is 5.84. The van der Waals surface area contributed by atoms with Crippen molar-refractivity contribution in [3.8, 4) is 0 Å². The van der Waals surface area contributed by atoms with Gasteiger partial charge in [0.05, 0.1) is 12.7 Å². The number of ether oxygens (including phenoxy) is 1. The molecule has 2 heterocycles. The van der Waals surface area contributed by atoms with Crippen LogP contribution in [-0.4, -0.2) is 24.0 Å². The standard InChI is InChI=1S/C18H24N2O4/c1-6-7-14-15(18(22)23-5)11(3)20-16(14)17(21)19-9-13-8-10(2)24-12(13)4/h8,20H,6-7,9H2,1-5H3,(H,19,21). The highest BCUT2D eigenvalue weighted by Gasteiger charge is 2.24. The predicted octanol–water partition coefficient (Wildman–Crippen LogP) is 3.20. The largest absolute Gasteiger partial charge is 0.466 e. The minimum absolute atomic E-state index is 0.241. The van der Waals surface area contributed by atoms with Crippen LogP contribution in [0, 0.1) is 20.8 Å². The highest BCUT2D eigenvalue weighted by molar-refractivity contribution is 6.00. The second-order valence-electron chi connectivity index (χ2n) is 5.84. The number of H-pyrrole nitrogens is 1. The van der Waals surface area contributed by atoms with E-state index in [0.717, 1.165) is 23.5 Å². The Kier molecular flexibility index (Phi) is 5.49. The molecule has 0 atom stereocenters. The second kappa shape index (κ2) is 7.38. The Morgan fingerprint density at radius 1 is 1.29 bits per heavy atom. The van der Waals surface area contributed by atoms with Gasteiger partial charge in [0.25, 0.3) is 5.91 Å². The molecule has 0 bridgehead atoms. The first-order chi connectivity index (χ1) is 11.4. The van der Waals surface area contributed by atoms with E-state index in [9.17, 15) is 9.59 Å². The normalized spacial score (nSPS) is 10.7. The molecule has 2 aromatic heterocycles. The Hall–Kier alpha value is -2.50. The Balaban J connectivity index is 2.25. The van der Waals surface area contributed by atoms with Crippen LogP contribution in [0.2, 0.25) is 0 Å². The fourth-order valence-corrected chi connectivity index (χ4v) is 2.87. The summed E-state index contributed by atoms with van der Waals surface area (Å²) in [7, 11) is 1.34.